The fraction of sp³-hybridized carbons (Fsp3) is 0.556. The maximum Gasteiger partial charge on any atom is 0.230 e. The Kier molecular flexibility index (Phi) is 4.85. The van der Waals surface area contributed by atoms with E-state index in [2.05, 4.69) is 20.2 Å². The van der Waals surface area contributed by atoms with Crippen LogP contribution in [0.25, 0.3) is 11.0 Å². The number of likely N-dealkylation sites (tertiary alicyclic amines) is 1. The van der Waals surface area contributed by atoms with Crippen LogP contribution in [0.3, 0.4) is 0 Å². The highest BCUT2D eigenvalue weighted by molar-refractivity contribution is 7.99. The Labute approximate surface area is 151 Å². The highest BCUT2D eigenvalue weighted by Crippen LogP contribution is 2.29. The van der Waals surface area contributed by atoms with Crippen LogP contribution >= 0.6 is 11.8 Å². The van der Waals surface area contributed by atoms with Gasteiger partial charge in [0, 0.05) is 31.2 Å². The number of benzene rings is 1. The van der Waals surface area contributed by atoms with Crippen molar-refractivity contribution in [2.24, 2.45) is 0 Å². The molecule has 25 heavy (non-hydrogen) atoms. The molecule has 2 N–H and O–H groups in total. The molecule has 1 aliphatic heterocycles. The molecule has 6 nitrogen and oxygen atoms in total. The lowest BCUT2D eigenvalue weighted by atomic mass is 10.1. The number of carbonyl (C=O) groups excluding carboxylic acids is 1. The quantitative estimate of drug-likeness (QED) is 0.774. The Hall–Kier alpha value is -1.73. The van der Waals surface area contributed by atoms with Crippen LogP contribution in [-0.4, -0.2) is 58.8 Å². The first-order chi connectivity index (χ1) is 12.2. The first-order valence-electron chi connectivity index (χ1n) is 8.91. The second kappa shape index (κ2) is 7.25. The monoisotopic (exact) mass is 360 g/mol. The van der Waals surface area contributed by atoms with Gasteiger partial charge in [-0.25, -0.2) is 4.98 Å². The van der Waals surface area contributed by atoms with Crippen molar-refractivity contribution in [3.63, 3.8) is 0 Å². The number of piperidine rings is 1. The molecule has 7 heteroatoms. The number of methoxy groups -OCH3 is 1. The molecule has 1 amide bonds. The van der Waals surface area contributed by atoms with E-state index in [-0.39, 0.29) is 5.91 Å². The highest BCUT2D eigenvalue weighted by atomic mass is 32.2. The zero-order chi connectivity index (χ0) is 17.2. The second-order valence-corrected chi connectivity index (χ2v) is 7.79. The molecule has 0 spiro atoms. The summed E-state index contributed by atoms with van der Waals surface area (Å²) < 4.78 is 5.22. The molecule has 1 saturated carbocycles. The van der Waals surface area contributed by atoms with E-state index < -0.39 is 0 Å². The summed E-state index contributed by atoms with van der Waals surface area (Å²) in [5.41, 5.74) is 1.81. The topological polar surface area (TPSA) is 70.2 Å². The molecule has 134 valence electrons. The molecule has 0 unspecified atom stereocenters. The Morgan fingerprint density at radius 2 is 2.16 bits per heavy atom. The number of aromatic amines is 1. The van der Waals surface area contributed by atoms with Crippen LogP contribution in [0, 0.1) is 0 Å². The normalized spacial score (nSPS) is 19.2. The SMILES string of the molecule is COc1ccc2nc(SCC(=O)NC3CCN(C4CC4)CC3)[nH]c2c1. The van der Waals surface area contributed by atoms with Gasteiger partial charge in [-0.05, 0) is 37.8 Å². The number of aromatic nitrogens is 2. The van der Waals surface area contributed by atoms with Crippen molar-refractivity contribution in [1.82, 2.24) is 20.2 Å². The van der Waals surface area contributed by atoms with Crippen molar-refractivity contribution in [2.45, 2.75) is 42.9 Å². The molecule has 0 atom stereocenters. The van der Waals surface area contributed by atoms with Crippen LogP contribution in [0.1, 0.15) is 25.7 Å². The molecule has 4 rings (SSSR count). The van der Waals surface area contributed by atoms with Gasteiger partial charge in [-0.3, -0.25) is 4.79 Å². The molecule has 1 aromatic heterocycles. The van der Waals surface area contributed by atoms with E-state index in [1.807, 2.05) is 18.2 Å². The Morgan fingerprint density at radius 1 is 1.36 bits per heavy atom. The van der Waals surface area contributed by atoms with E-state index in [9.17, 15) is 4.79 Å². The zero-order valence-corrected chi connectivity index (χ0v) is 15.3. The van der Waals surface area contributed by atoms with Crippen LogP contribution < -0.4 is 10.1 Å². The van der Waals surface area contributed by atoms with Crippen LogP contribution in [0.5, 0.6) is 5.75 Å². The number of nitrogens with one attached hydrogen (secondary N) is 2. The van der Waals surface area contributed by atoms with Crippen LogP contribution in [-0.2, 0) is 4.79 Å². The standard InChI is InChI=1S/C18H24N4O2S/c1-24-14-4-5-15-16(10-14)21-18(20-15)25-11-17(23)19-12-6-8-22(9-7-12)13-2-3-13/h4-5,10,12-13H,2-3,6-9,11H2,1H3,(H,19,23)(H,20,21). The molecule has 0 radical (unpaired) electrons. The van der Waals surface area contributed by atoms with Crippen molar-refractivity contribution >= 4 is 28.7 Å². The molecular weight excluding hydrogens is 336 g/mol. The first-order valence-corrected chi connectivity index (χ1v) is 9.90. The zero-order valence-electron chi connectivity index (χ0n) is 14.5. The van der Waals surface area contributed by atoms with Crippen LogP contribution in [0.15, 0.2) is 23.4 Å². The van der Waals surface area contributed by atoms with Gasteiger partial charge < -0.3 is 19.9 Å². The summed E-state index contributed by atoms with van der Waals surface area (Å²) in [6.07, 6.45) is 4.85. The maximum atomic E-state index is 12.2. The lowest BCUT2D eigenvalue weighted by molar-refractivity contribution is -0.119. The van der Waals surface area contributed by atoms with E-state index in [4.69, 9.17) is 4.74 Å². The Balaban J connectivity index is 1.25. The molecule has 2 heterocycles. The van der Waals surface area contributed by atoms with E-state index in [0.29, 0.717) is 11.8 Å². The average molecular weight is 360 g/mol. The van der Waals surface area contributed by atoms with Crippen molar-refractivity contribution in [3.05, 3.63) is 18.2 Å². The lowest BCUT2D eigenvalue weighted by Crippen LogP contribution is -2.45. The third-order valence-corrected chi connectivity index (χ3v) is 5.84. The Morgan fingerprint density at radius 3 is 2.88 bits per heavy atom. The second-order valence-electron chi connectivity index (χ2n) is 6.82. The van der Waals surface area contributed by atoms with Gasteiger partial charge in [0.2, 0.25) is 5.91 Å². The van der Waals surface area contributed by atoms with E-state index in [1.165, 1.54) is 24.6 Å². The molecular formula is C18H24N4O2S. The van der Waals surface area contributed by atoms with Gasteiger partial charge in [0.25, 0.3) is 0 Å². The number of ether oxygens (including phenoxy) is 1. The lowest BCUT2D eigenvalue weighted by Gasteiger charge is -2.32. The predicted molar refractivity (Wildman–Crippen MR) is 99.1 cm³/mol. The summed E-state index contributed by atoms with van der Waals surface area (Å²) in [4.78, 5) is 22.5. The third kappa shape index (κ3) is 4.10. The minimum Gasteiger partial charge on any atom is -0.497 e. The molecule has 2 aromatic rings. The van der Waals surface area contributed by atoms with Crippen molar-refractivity contribution in [3.8, 4) is 5.75 Å². The molecule has 0 bridgehead atoms. The summed E-state index contributed by atoms with van der Waals surface area (Å²) in [6, 6.07) is 6.88. The van der Waals surface area contributed by atoms with Gasteiger partial charge in [-0.2, -0.15) is 0 Å². The average Bonchev–Trinajstić information content (AvgIpc) is 3.39. The summed E-state index contributed by atoms with van der Waals surface area (Å²) >= 11 is 1.44. The van der Waals surface area contributed by atoms with Gasteiger partial charge >= 0.3 is 0 Å². The maximum absolute atomic E-state index is 12.2. The number of imidazole rings is 1. The summed E-state index contributed by atoms with van der Waals surface area (Å²) in [5.74, 6) is 1.27. The number of H-pyrrole nitrogens is 1. The number of thioether (sulfide) groups is 1. The van der Waals surface area contributed by atoms with Gasteiger partial charge in [-0.1, -0.05) is 11.8 Å². The van der Waals surface area contributed by atoms with E-state index in [0.717, 1.165) is 53.9 Å². The Bertz CT molecular complexity index is 751. The van der Waals surface area contributed by atoms with Gasteiger partial charge in [-0.15, -0.1) is 0 Å². The summed E-state index contributed by atoms with van der Waals surface area (Å²) in [7, 11) is 1.65. The molecule has 1 saturated heterocycles. The number of hydrogen-bond acceptors (Lipinski definition) is 5. The minimum atomic E-state index is 0.0907. The van der Waals surface area contributed by atoms with Gasteiger partial charge in [0.1, 0.15) is 5.75 Å². The first kappa shape index (κ1) is 16.7. The van der Waals surface area contributed by atoms with Crippen molar-refractivity contribution < 1.29 is 9.53 Å². The molecule has 2 fully saturated rings. The number of rotatable bonds is 6. The largest absolute Gasteiger partial charge is 0.497 e. The number of nitrogens with zero attached hydrogens (tertiary/aromatic N) is 2. The predicted octanol–water partition coefficient (Wildman–Crippen LogP) is 2.41. The van der Waals surface area contributed by atoms with Crippen molar-refractivity contribution in [1.29, 1.82) is 0 Å². The molecule has 1 aromatic carbocycles. The third-order valence-electron chi connectivity index (χ3n) is 4.97. The van der Waals surface area contributed by atoms with Crippen molar-refractivity contribution in [2.75, 3.05) is 26.0 Å². The molecule has 2 aliphatic rings. The fourth-order valence-corrected chi connectivity index (χ4v) is 4.11. The highest BCUT2D eigenvalue weighted by Gasteiger charge is 2.32. The van der Waals surface area contributed by atoms with E-state index >= 15 is 0 Å². The van der Waals surface area contributed by atoms with Gasteiger partial charge in [0.05, 0.1) is 23.9 Å². The fourth-order valence-electron chi connectivity index (χ4n) is 3.41. The van der Waals surface area contributed by atoms with Gasteiger partial charge in [0.15, 0.2) is 5.16 Å². The van der Waals surface area contributed by atoms with E-state index in [1.54, 1.807) is 7.11 Å². The number of fused-ring (bicyclic) bond motifs is 1. The number of carbonyl (C=O) groups is 1. The summed E-state index contributed by atoms with van der Waals surface area (Å²) in [5, 5.41) is 3.94. The van der Waals surface area contributed by atoms with Crippen LogP contribution in [0.2, 0.25) is 0 Å². The number of amides is 1. The number of hydrogen-bond donors (Lipinski definition) is 2. The van der Waals surface area contributed by atoms with Crippen LogP contribution in [0.4, 0.5) is 0 Å². The smallest absolute Gasteiger partial charge is 0.230 e. The molecule has 1 aliphatic carbocycles. The summed E-state index contributed by atoms with van der Waals surface area (Å²) in [6.45, 7) is 2.24. The minimum absolute atomic E-state index is 0.0907.